The number of halogens is 2. The van der Waals surface area contributed by atoms with Crippen molar-refractivity contribution in [3.05, 3.63) is 47.8 Å². The molecule has 0 spiro atoms. The average molecular weight is 451 g/mol. The zero-order valence-corrected chi connectivity index (χ0v) is 18.2. The van der Waals surface area contributed by atoms with E-state index in [0.717, 1.165) is 0 Å². The number of hydrogen-bond donors (Lipinski definition) is 3. The molecule has 7 nitrogen and oxygen atoms in total. The topological polar surface area (TPSA) is 104 Å². The molecular weight excluding hydrogens is 426 g/mol. The van der Waals surface area contributed by atoms with Crippen LogP contribution < -0.4 is 15.4 Å². The summed E-state index contributed by atoms with van der Waals surface area (Å²) in [6.45, 7) is 2.60. The molecule has 0 aliphatic carbocycles. The molecule has 2 heterocycles. The first-order valence-corrected chi connectivity index (χ1v) is 11.1. The Kier molecular flexibility index (Phi) is 6.68. The molecule has 166 valence electrons. The molecule has 10 heteroatoms. The SMILES string of the molecule is CC(C)C(=N)c1cc(C(=O)NC2(C)CS(=O)C2)ncc1Nc1cccc(OC(F)F)c1. The second-order valence-electron chi connectivity index (χ2n) is 7.96. The number of anilines is 2. The molecule has 1 fully saturated rings. The number of benzene rings is 1. The maximum atomic E-state index is 12.7. The van der Waals surface area contributed by atoms with E-state index in [2.05, 4.69) is 20.4 Å². The van der Waals surface area contributed by atoms with Crippen molar-refractivity contribution in [3.8, 4) is 5.75 Å². The van der Waals surface area contributed by atoms with Gasteiger partial charge < -0.3 is 20.8 Å². The van der Waals surface area contributed by atoms with E-state index in [1.807, 2.05) is 20.8 Å². The van der Waals surface area contributed by atoms with E-state index in [9.17, 15) is 17.8 Å². The molecule has 0 radical (unpaired) electrons. The van der Waals surface area contributed by atoms with Crippen molar-refractivity contribution in [1.29, 1.82) is 5.41 Å². The van der Waals surface area contributed by atoms with Crippen molar-refractivity contribution >= 4 is 33.8 Å². The number of ether oxygens (including phenoxy) is 1. The molecule has 0 atom stereocenters. The number of carbonyl (C=O) groups is 1. The van der Waals surface area contributed by atoms with Gasteiger partial charge in [0.15, 0.2) is 0 Å². The monoisotopic (exact) mass is 450 g/mol. The van der Waals surface area contributed by atoms with Gasteiger partial charge in [-0.15, -0.1) is 0 Å². The molecule has 1 saturated heterocycles. The predicted molar refractivity (Wildman–Crippen MR) is 116 cm³/mol. The van der Waals surface area contributed by atoms with E-state index in [0.29, 0.717) is 28.4 Å². The van der Waals surface area contributed by atoms with Crippen LogP contribution in [0.1, 0.15) is 36.8 Å². The summed E-state index contributed by atoms with van der Waals surface area (Å²) >= 11 is 0. The summed E-state index contributed by atoms with van der Waals surface area (Å²) in [5, 5.41) is 14.4. The van der Waals surface area contributed by atoms with Crippen molar-refractivity contribution in [2.24, 2.45) is 5.92 Å². The van der Waals surface area contributed by atoms with Crippen molar-refractivity contribution in [2.75, 3.05) is 16.8 Å². The van der Waals surface area contributed by atoms with Gasteiger partial charge in [-0.2, -0.15) is 8.78 Å². The number of nitrogens with one attached hydrogen (secondary N) is 3. The molecule has 1 aromatic heterocycles. The van der Waals surface area contributed by atoms with Crippen molar-refractivity contribution in [1.82, 2.24) is 10.3 Å². The van der Waals surface area contributed by atoms with E-state index >= 15 is 0 Å². The van der Waals surface area contributed by atoms with Crippen LogP contribution in [-0.4, -0.2) is 44.5 Å². The quantitative estimate of drug-likeness (QED) is 0.532. The van der Waals surface area contributed by atoms with Crippen LogP contribution in [0.4, 0.5) is 20.2 Å². The van der Waals surface area contributed by atoms with Gasteiger partial charge in [0.25, 0.3) is 5.91 Å². The highest BCUT2D eigenvalue weighted by atomic mass is 32.2. The van der Waals surface area contributed by atoms with Gasteiger partial charge in [-0.1, -0.05) is 19.9 Å². The average Bonchev–Trinajstić information content (AvgIpc) is 2.66. The minimum atomic E-state index is -2.94. The standard InChI is InChI=1S/C21H24F2N4O3S/c1-12(2)18(24)15-8-16(19(28)27-21(3)10-31(29)11-21)25-9-17(15)26-13-5-4-6-14(7-13)30-20(22)23/h4-9,12,20,24,26H,10-11H2,1-3H3,(H,27,28). The predicted octanol–water partition coefficient (Wildman–Crippen LogP) is 3.70. The van der Waals surface area contributed by atoms with Gasteiger partial charge in [0.1, 0.15) is 11.4 Å². The molecule has 1 aliphatic heterocycles. The second-order valence-corrected chi connectivity index (χ2v) is 9.42. The number of pyridine rings is 1. The molecule has 0 unspecified atom stereocenters. The van der Waals surface area contributed by atoms with Crippen molar-refractivity contribution < 1.29 is 22.5 Å². The van der Waals surface area contributed by atoms with Crippen LogP contribution >= 0.6 is 0 Å². The molecule has 31 heavy (non-hydrogen) atoms. The highest BCUT2D eigenvalue weighted by molar-refractivity contribution is 7.86. The van der Waals surface area contributed by atoms with Crippen LogP contribution in [0, 0.1) is 11.3 Å². The van der Waals surface area contributed by atoms with E-state index in [1.165, 1.54) is 24.4 Å². The highest BCUT2D eigenvalue weighted by Crippen LogP contribution is 2.27. The van der Waals surface area contributed by atoms with Crippen molar-refractivity contribution in [2.45, 2.75) is 32.9 Å². The van der Waals surface area contributed by atoms with Gasteiger partial charge in [-0.05, 0) is 31.0 Å². The van der Waals surface area contributed by atoms with Crippen LogP contribution in [0.15, 0.2) is 36.5 Å². The lowest BCUT2D eigenvalue weighted by molar-refractivity contribution is -0.0498. The highest BCUT2D eigenvalue weighted by Gasteiger charge is 2.40. The molecule has 2 aromatic rings. The number of hydrogen-bond acceptors (Lipinski definition) is 6. The van der Waals surface area contributed by atoms with Gasteiger partial charge in [-0.3, -0.25) is 9.00 Å². The normalized spacial score (nSPS) is 20.3. The Morgan fingerprint density at radius 3 is 2.61 bits per heavy atom. The van der Waals surface area contributed by atoms with Gasteiger partial charge in [0.05, 0.1) is 17.4 Å². The first-order valence-electron chi connectivity index (χ1n) is 9.64. The molecule has 1 aromatic carbocycles. The molecule has 3 rings (SSSR count). The Balaban J connectivity index is 1.87. The number of rotatable bonds is 8. The summed E-state index contributed by atoms with van der Waals surface area (Å²) in [6, 6.07) is 7.57. The lowest BCUT2D eigenvalue weighted by Gasteiger charge is -2.37. The Labute approximate surface area is 181 Å². The summed E-state index contributed by atoms with van der Waals surface area (Å²) in [4.78, 5) is 16.9. The second kappa shape index (κ2) is 9.09. The third kappa shape index (κ3) is 5.63. The lowest BCUT2D eigenvalue weighted by atomic mass is 9.98. The van der Waals surface area contributed by atoms with Gasteiger partial charge in [-0.25, -0.2) is 4.98 Å². The van der Waals surface area contributed by atoms with Gasteiger partial charge in [0, 0.05) is 45.3 Å². The molecular formula is C21H24F2N4O3S. The maximum Gasteiger partial charge on any atom is 0.387 e. The van der Waals surface area contributed by atoms with E-state index in [4.69, 9.17) is 5.41 Å². The van der Waals surface area contributed by atoms with E-state index in [1.54, 1.807) is 12.1 Å². The molecule has 1 amide bonds. The van der Waals surface area contributed by atoms with Crippen molar-refractivity contribution in [3.63, 3.8) is 0 Å². The summed E-state index contributed by atoms with van der Waals surface area (Å²) in [5.41, 5.74) is 1.30. The first kappa shape index (κ1) is 22.8. The molecule has 3 N–H and O–H groups in total. The van der Waals surface area contributed by atoms with E-state index in [-0.39, 0.29) is 23.1 Å². The largest absolute Gasteiger partial charge is 0.435 e. The summed E-state index contributed by atoms with van der Waals surface area (Å²) in [6.07, 6.45) is 1.43. The lowest BCUT2D eigenvalue weighted by Crippen LogP contribution is -2.61. The van der Waals surface area contributed by atoms with Crippen LogP contribution in [-0.2, 0) is 10.8 Å². The fourth-order valence-corrected chi connectivity index (χ4v) is 4.68. The zero-order valence-electron chi connectivity index (χ0n) is 17.4. The summed E-state index contributed by atoms with van der Waals surface area (Å²) in [7, 11) is -0.921. The summed E-state index contributed by atoms with van der Waals surface area (Å²) < 4.78 is 40.8. The smallest absolute Gasteiger partial charge is 0.387 e. The number of carbonyl (C=O) groups excluding carboxylic acids is 1. The fourth-order valence-electron chi connectivity index (χ4n) is 3.20. The number of alkyl halides is 2. The third-order valence-corrected chi connectivity index (χ3v) is 6.63. The number of nitrogens with zero attached hydrogens (tertiary/aromatic N) is 1. The van der Waals surface area contributed by atoms with Gasteiger partial charge in [0.2, 0.25) is 0 Å². The van der Waals surface area contributed by atoms with Gasteiger partial charge >= 0.3 is 6.61 Å². The molecule has 0 saturated carbocycles. The Hall–Kier alpha value is -2.88. The Morgan fingerprint density at radius 1 is 1.29 bits per heavy atom. The van der Waals surface area contributed by atoms with Crippen LogP contribution in [0.2, 0.25) is 0 Å². The van der Waals surface area contributed by atoms with Crippen LogP contribution in [0.25, 0.3) is 0 Å². The van der Waals surface area contributed by atoms with E-state index < -0.39 is 28.9 Å². The Bertz CT molecular complexity index is 1020. The number of aromatic nitrogens is 1. The minimum absolute atomic E-state index is 0.00410. The first-order chi connectivity index (χ1) is 14.6. The fraction of sp³-hybridized carbons (Fsp3) is 0.381. The minimum Gasteiger partial charge on any atom is -0.435 e. The third-order valence-electron chi connectivity index (χ3n) is 4.72. The molecule has 1 aliphatic rings. The molecule has 0 bridgehead atoms. The van der Waals surface area contributed by atoms with Crippen LogP contribution in [0.5, 0.6) is 5.75 Å². The number of amides is 1. The Morgan fingerprint density at radius 2 is 2.00 bits per heavy atom. The van der Waals surface area contributed by atoms with Crippen LogP contribution in [0.3, 0.4) is 0 Å². The zero-order chi connectivity index (χ0) is 22.8. The summed E-state index contributed by atoms with van der Waals surface area (Å²) in [5.74, 6) is 0.249. The maximum absolute atomic E-state index is 12.7.